The van der Waals surface area contributed by atoms with Crippen molar-refractivity contribution in [3.63, 3.8) is 0 Å². The van der Waals surface area contributed by atoms with Gasteiger partial charge in [0.15, 0.2) is 5.82 Å². The van der Waals surface area contributed by atoms with Gasteiger partial charge in [0, 0.05) is 29.1 Å². The van der Waals surface area contributed by atoms with Crippen LogP contribution in [0.25, 0.3) is 22.5 Å². The lowest BCUT2D eigenvalue weighted by atomic mass is 10.0. The second-order valence-electron chi connectivity index (χ2n) is 7.99. The van der Waals surface area contributed by atoms with Gasteiger partial charge in [-0.05, 0) is 31.5 Å². The molecule has 0 bridgehead atoms. The zero-order chi connectivity index (χ0) is 22.6. The summed E-state index contributed by atoms with van der Waals surface area (Å²) < 4.78 is 6.06. The Morgan fingerprint density at radius 1 is 0.938 bits per heavy atom. The number of aldehydes is 1. The maximum absolute atomic E-state index is 11.0. The van der Waals surface area contributed by atoms with Crippen molar-refractivity contribution in [2.45, 2.75) is 51.5 Å². The fourth-order valence-electron chi connectivity index (χ4n) is 3.60. The molecule has 0 radical (unpaired) electrons. The van der Waals surface area contributed by atoms with Gasteiger partial charge in [0.05, 0.1) is 12.6 Å². The molecule has 1 atom stereocenters. The minimum Gasteiger partial charge on any atom is -0.493 e. The van der Waals surface area contributed by atoms with E-state index in [4.69, 9.17) is 4.74 Å². The molecule has 1 N–H and O–H groups in total. The predicted molar refractivity (Wildman–Crippen MR) is 130 cm³/mol. The molecule has 5 nitrogen and oxygen atoms in total. The summed E-state index contributed by atoms with van der Waals surface area (Å²) in [4.78, 5) is 20.2. The van der Waals surface area contributed by atoms with E-state index < -0.39 is 0 Å². The molecular weight excluding hydrogens is 398 g/mol. The number of benzene rings is 2. The van der Waals surface area contributed by atoms with Crippen molar-refractivity contribution in [2.75, 3.05) is 13.7 Å². The fraction of sp³-hybridized carbons (Fsp3) is 0.370. The Bertz CT molecular complexity index is 955. The van der Waals surface area contributed by atoms with E-state index in [1.807, 2.05) is 60.9 Å². The van der Waals surface area contributed by atoms with E-state index in [0.29, 0.717) is 12.2 Å². The second-order valence-corrected chi connectivity index (χ2v) is 7.99. The van der Waals surface area contributed by atoms with Crippen LogP contribution in [-0.2, 0) is 11.2 Å². The molecule has 5 heteroatoms. The zero-order valence-electron chi connectivity index (χ0n) is 19.1. The van der Waals surface area contributed by atoms with Gasteiger partial charge in [-0.25, -0.2) is 9.97 Å². The summed E-state index contributed by atoms with van der Waals surface area (Å²) in [5.74, 6) is 1.55. The van der Waals surface area contributed by atoms with Crippen molar-refractivity contribution >= 4 is 6.29 Å². The normalized spacial score (nSPS) is 11.8. The standard InChI is InChI=1S/C27H33N3O2/c1-3-4-5-6-9-16-32-26-11-8-7-10-25(26)23-18-29-27(30-19-23)22-14-12-21(13-15-22)17-24(20-31)28-2/h7-8,10-15,18-20,24,28H,3-6,9,16-17H2,1-2H3. The Kier molecular flexibility index (Phi) is 9.38. The Balaban J connectivity index is 1.65. The lowest BCUT2D eigenvalue weighted by molar-refractivity contribution is -0.109. The summed E-state index contributed by atoms with van der Waals surface area (Å²) in [5.41, 5.74) is 3.99. The van der Waals surface area contributed by atoms with Crippen LogP contribution in [0.3, 0.4) is 0 Å². The van der Waals surface area contributed by atoms with Crippen LogP contribution in [0.5, 0.6) is 5.75 Å². The molecule has 0 aliphatic heterocycles. The van der Waals surface area contributed by atoms with Crippen molar-refractivity contribution in [3.05, 3.63) is 66.5 Å². The highest BCUT2D eigenvalue weighted by molar-refractivity contribution is 5.70. The van der Waals surface area contributed by atoms with Crippen LogP contribution < -0.4 is 10.1 Å². The SMILES string of the molecule is CCCCCCCOc1ccccc1-c1cnc(-c2ccc(CC(C=O)NC)cc2)nc1. The molecule has 0 saturated heterocycles. The topological polar surface area (TPSA) is 64.1 Å². The number of unbranched alkanes of at least 4 members (excludes halogenated alkanes) is 4. The lowest BCUT2D eigenvalue weighted by Gasteiger charge is -2.12. The third-order valence-electron chi connectivity index (χ3n) is 5.56. The molecule has 0 aliphatic rings. The Morgan fingerprint density at radius 2 is 1.66 bits per heavy atom. The van der Waals surface area contributed by atoms with Crippen LogP contribution in [0.15, 0.2) is 60.9 Å². The average Bonchev–Trinajstić information content (AvgIpc) is 2.85. The van der Waals surface area contributed by atoms with E-state index in [1.165, 1.54) is 25.7 Å². The molecule has 3 aromatic rings. The quantitative estimate of drug-likeness (QED) is 0.286. The summed E-state index contributed by atoms with van der Waals surface area (Å²) in [6.45, 7) is 2.95. The number of ether oxygens (including phenoxy) is 1. The molecule has 1 unspecified atom stereocenters. The van der Waals surface area contributed by atoms with Crippen molar-refractivity contribution in [2.24, 2.45) is 0 Å². The van der Waals surface area contributed by atoms with Crippen molar-refractivity contribution < 1.29 is 9.53 Å². The van der Waals surface area contributed by atoms with Crippen LogP contribution in [0.2, 0.25) is 0 Å². The maximum Gasteiger partial charge on any atom is 0.159 e. The second kappa shape index (κ2) is 12.7. The summed E-state index contributed by atoms with van der Waals surface area (Å²) in [6.07, 6.45) is 11.4. The van der Waals surface area contributed by atoms with E-state index in [-0.39, 0.29) is 6.04 Å². The summed E-state index contributed by atoms with van der Waals surface area (Å²) in [7, 11) is 1.79. The largest absolute Gasteiger partial charge is 0.493 e. The molecule has 3 rings (SSSR count). The van der Waals surface area contributed by atoms with Crippen LogP contribution in [-0.4, -0.2) is 36.0 Å². The monoisotopic (exact) mass is 431 g/mol. The third kappa shape index (κ3) is 6.72. The number of likely N-dealkylation sites (N-methyl/N-ethyl adjacent to an activating group) is 1. The number of hydrogen-bond acceptors (Lipinski definition) is 5. The molecular formula is C27H33N3O2. The number of nitrogens with zero attached hydrogens (tertiary/aromatic N) is 2. The number of carbonyl (C=O) groups is 1. The Labute approximate surface area is 191 Å². The van der Waals surface area contributed by atoms with Crippen LogP contribution in [0.1, 0.15) is 44.6 Å². The van der Waals surface area contributed by atoms with Crippen LogP contribution in [0.4, 0.5) is 0 Å². The van der Waals surface area contributed by atoms with Gasteiger partial charge in [0.25, 0.3) is 0 Å². The first-order valence-corrected chi connectivity index (χ1v) is 11.5. The van der Waals surface area contributed by atoms with E-state index in [1.54, 1.807) is 7.05 Å². The summed E-state index contributed by atoms with van der Waals surface area (Å²) >= 11 is 0. The number of rotatable bonds is 13. The first kappa shape index (κ1) is 23.6. The highest BCUT2D eigenvalue weighted by Gasteiger charge is 2.09. The zero-order valence-corrected chi connectivity index (χ0v) is 19.1. The van der Waals surface area contributed by atoms with E-state index >= 15 is 0 Å². The van der Waals surface area contributed by atoms with Gasteiger partial charge in [-0.2, -0.15) is 0 Å². The molecule has 0 spiro atoms. The number of para-hydroxylation sites is 1. The summed E-state index contributed by atoms with van der Waals surface area (Å²) in [5, 5.41) is 2.99. The third-order valence-corrected chi connectivity index (χ3v) is 5.56. The first-order chi connectivity index (χ1) is 15.7. The minimum atomic E-state index is -0.171. The van der Waals surface area contributed by atoms with Gasteiger partial charge >= 0.3 is 0 Å². The fourth-order valence-corrected chi connectivity index (χ4v) is 3.60. The molecule has 0 saturated carbocycles. The highest BCUT2D eigenvalue weighted by Crippen LogP contribution is 2.30. The number of aromatic nitrogens is 2. The van der Waals surface area contributed by atoms with Gasteiger partial charge < -0.3 is 14.8 Å². The van der Waals surface area contributed by atoms with Crippen LogP contribution >= 0.6 is 0 Å². The van der Waals surface area contributed by atoms with Gasteiger partial charge in [0.2, 0.25) is 0 Å². The van der Waals surface area contributed by atoms with Gasteiger partial charge in [-0.15, -0.1) is 0 Å². The van der Waals surface area contributed by atoms with Gasteiger partial charge in [-0.3, -0.25) is 0 Å². The molecule has 0 aliphatic carbocycles. The molecule has 0 amide bonds. The average molecular weight is 432 g/mol. The minimum absolute atomic E-state index is 0.171. The molecule has 1 aromatic heterocycles. The first-order valence-electron chi connectivity index (χ1n) is 11.5. The van der Waals surface area contributed by atoms with E-state index in [9.17, 15) is 4.79 Å². The summed E-state index contributed by atoms with van der Waals surface area (Å²) in [6, 6.07) is 15.9. The van der Waals surface area contributed by atoms with Crippen molar-refractivity contribution in [3.8, 4) is 28.3 Å². The molecule has 168 valence electrons. The lowest BCUT2D eigenvalue weighted by Crippen LogP contribution is -2.28. The number of nitrogens with one attached hydrogen (secondary N) is 1. The van der Waals surface area contributed by atoms with Crippen molar-refractivity contribution in [1.29, 1.82) is 0 Å². The predicted octanol–water partition coefficient (Wildman–Crippen LogP) is 5.49. The molecule has 1 heterocycles. The Hall–Kier alpha value is -3.05. The van der Waals surface area contributed by atoms with Gasteiger partial charge in [-0.1, -0.05) is 75.1 Å². The highest BCUT2D eigenvalue weighted by atomic mass is 16.5. The van der Waals surface area contributed by atoms with Crippen LogP contribution in [0, 0.1) is 0 Å². The Morgan fingerprint density at radius 3 is 2.34 bits per heavy atom. The smallest absolute Gasteiger partial charge is 0.159 e. The van der Waals surface area contributed by atoms with E-state index in [0.717, 1.165) is 47.3 Å². The molecule has 0 fully saturated rings. The molecule has 32 heavy (non-hydrogen) atoms. The maximum atomic E-state index is 11.0. The van der Waals surface area contributed by atoms with E-state index in [2.05, 4.69) is 22.2 Å². The number of carbonyl (C=O) groups excluding carboxylic acids is 1. The van der Waals surface area contributed by atoms with Crippen molar-refractivity contribution in [1.82, 2.24) is 15.3 Å². The van der Waals surface area contributed by atoms with Gasteiger partial charge in [0.1, 0.15) is 12.0 Å². The number of hydrogen-bond donors (Lipinski definition) is 1. The molecule has 2 aromatic carbocycles.